The van der Waals surface area contributed by atoms with Crippen LogP contribution in [0.15, 0.2) is 39.6 Å². The van der Waals surface area contributed by atoms with Crippen molar-refractivity contribution in [2.75, 3.05) is 21.3 Å². The van der Waals surface area contributed by atoms with Gasteiger partial charge in [-0.1, -0.05) is 22.6 Å². The Labute approximate surface area is 119 Å². The fourth-order valence-electron chi connectivity index (χ4n) is 0.944. The van der Waals surface area contributed by atoms with Crippen molar-refractivity contribution in [3.63, 3.8) is 0 Å². The predicted octanol–water partition coefficient (Wildman–Crippen LogP) is 1.21. The van der Waals surface area contributed by atoms with E-state index in [1.165, 1.54) is 12.1 Å². The summed E-state index contributed by atoms with van der Waals surface area (Å²) in [5, 5.41) is 0. The van der Waals surface area contributed by atoms with Gasteiger partial charge in [-0.3, -0.25) is 0 Å². The summed E-state index contributed by atoms with van der Waals surface area (Å²) in [7, 11) is -1.23. The number of hydrogen-bond donors (Lipinski definition) is 0. The topological polar surface area (TPSA) is 91.3 Å². The molecule has 0 aliphatic heterocycles. The Balaban J connectivity index is 0.000000396. The molecular formula is C11H17NO6SSi. The quantitative estimate of drug-likeness (QED) is 0.460. The van der Waals surface area contributed by atoms with E-state index in [1.54, 1.807) is 39.5 Å². The molecule has 1 aromatic carbocycles. The first kappa shape index (κ1) is 18.6. The van der Waals surface area contributed by atoms with Gasteiger partial charge in [0.05, 0.1) is 4.90 Å². The van der Waals surface area contributed by atoms with E-state index in [9.17, 15) is 13.2 Å². The van der Waals surface area contributed by atoms with Crippen molar-refractivity contribution in [3.8, 4) is 0 Å². The molecule has 0 amide bonds. The van der Waals surface area contributed by atoms with Crippen LogP contribution in [0.1, 0.15) is 0 Å². The minimum atomic E-state index is -3.81. The molecule has 0 unspecified atom stereocenters. The van der Waals surface area contributed by atoms with Gasteiger partial charge in [-0.25, -0.2) is 4.79 Å². The Bertz CT molecular complexity index is 529. The predicted molar refractivity (Wildman–Crippen MR) is 74.4 cm³/mol. The SMILES string of the molecule is CO[Si](C)(OC)OC.O=C=NS(=O)(=O)c1ccccc1. The second-order valence-electron chi connectivity index (χ2n) is 3.45. The van der Waals surface area contributed by atoms with E-state index in [1.807, 2.05) is 6.55 Å². The zero-order valence-electron chi connectivity index (χ0n) is 11.7. The fourth-order valence-corrected chi connectivity index (χ4v) is 2.15. The molecule has 0 aliphatic rings. The average Bonchev–Trinajstić information content (AvgIpc) is 2.48. The molecule has 0 aliphatic carbocycles. The second kappa shape index (κ2) is 8.75. The molecule has 0 aromatic heterocycles. The largest absolute Gasteiger partial charge is 0.496 e. The van der Waals surface area contributed by atoms with Gasteiger partial charge in [-0.15, -0.1) is 0 Å². The van der Waals surface area contributed by atoms with E-state index in [0.29, 0.717) is 0 Å². The number of hydrogen-bond acceptors (Lipinski definition) is 6. The van der Waals surface area contributed by atoms with Gasteiger partial charge in [0.1, 0.15) is 0 Å². The van der Waals surface area contributed by atoms with Crippen LogP contribution >= 0.6 is 0 Å². The molecule has 0 heterocycles. The van der Waals surface area contributed by atoms with Gasteiger partial charge in [0, 0.05) is 27.9 Å². The minimum Gasteiger partial charge on any atom is -0.377 e. The summed E-state index contributed by atoms with van der Waals surface area (Å²) >= 11 is 0. The average molecular weight is 319 g/mol. The van der Waals surface area contributed by atoms with Gasteiger partial charge in [-0.05, 0) is 12.1 Å². The molecule has 0 radical (unpaired) electrons. The van der Waals surface area contributed by atoms with E-state index in [0.717, 1.165) is 6.08 Å². The van der Waals surface area contributed by atoms with Crippen LogP contribution in [0.2, 0.25) is 6.55 Å². The lowest BCUT2D eigenvalue weighted by molar-refractivity contribution is 0.132. The molecule has 9 heteroatoms. The van der Waals surface area contributed by atoms with Gasteiger partial charge >= 0.3 is 8.80 Å². The van der Waals surface area contributed by atoms with Crippen molar-refractivity contribution in [3.05, 3.63) is 30.3 Å². The van der Waals surface area contributed by atoms with Crippen LogP contribution in [-0.2, 0) is 28.1 Å². The summed E-state index contributed by atoms with van der Waals surface area (Å²) in [4.78, 5) is 9.72. The Morgan fingerprint density at radius 1 is 1.05 bits per heavy atom. The molecule has 1 rings (SSSR count). The molecule has 0 saturated heterocycles. The maximum Gasteiger partial charge on any atom is 0.496 e. The number of carbonyl (C=O) groups excluding carboxylic acids is 1. The lowest BCUT2D eigenvalue weighted by atomic mass is 10.4. The highest BCUT2D eigenvalue weighted by Gasteiger charge is 2.29. The van der Waals surface area contributed by atoms with Crippen molar-refractivity contribution in [2.24, 2.45) is 4.40 Å². The monoisotopic (exact) mass is 319 g/mol. The van der Waals surface area contributed by atoms with Gasteiger partial charge in [0.15, 0.2) is 0 Å². The molecule has 0 fully saturated rings. The molecule has 0 N–H and O–H groups in total. The smallest absolute Gasteiger partial charge is 0.377 e. The van der Waals surface area contributed by atoms with Crippen LogP contribution in [0.3, 0.4) is 0 Å². The molecule has 112 valence electrons. The van der Waals surface area contributed by atoms with Gasteiger partial charge < -0.3 is 13.3 Å². The molecule has 0 saturated carbocycles. The summed E-state index contributed by atoms with van der Waals surface area (Å²) in [5.41, 5.74) is 0. The van der Waals surface area contributed by atoms with E-state index >= 15 is 0 Å². The van der Waals surface area contributed by atoms with Crippen molar-refractivity contribution in [1.82, 2.24) is 0 Å². The van der Waals surface area contributed by atoms with Crippen molar-refractivity contribution >= 4 is 24.9 Å². The standard InChI is InChI=1S/C7H5NO3S.C4H12O3Si/c9-6-8-12(10,11)7-4-2-1-3-5-7;1-5-8(4,6-2)7-3/h1-5H;1-4H3. The van der Waals surface area contributed by atoms with Crippen LogP contribution in [0.5, 0.6) is 0 Å². The first-order valence-corrected chi connectivity index (χ1v) is 9.06. The molecule has 0 atom stereocenters. The Kier molecular flexibility index (Phi) is 8.15. The highest BCUT2D eigenvalue weighted by Crippen LogP contribution is 2.09. The summed E-state index contributed by atoms with van der Waals surface area (Å²) < 4.78 is 39.5. The molecule has 7 nitrogen and oxygen atoms in total. The Hall–Kier alpha value is -1.35. The number of benzene rings is 1. The molecule has 0 bridgehead atoms. The highest BCUT2D eigenvalue weighted by molar-refractivity contribution is 7.90. The number of sulfonamides is 1. The third-order valence-electron chi connectivity index (χ3n) is 2.31. The van der Waals surface area contributed by atoms with E-state index in [4.69, 9.17) is 13.3 Å². The minimum absolute atomic E-state index is 0.00616. The van der Waals surface area contributed by atoms with Crippen LogP contribution in [0, 0.1) is 0 Å². The number of isocyanates is 1. The van der Waals surface area contributed by atoms with Crippen molar-refractivity contribution in [1.29, 1.82) is 0 Å². The lowest BCUT2D eigenvalue weighted by Gasteiger charge is -2.18. The molecular weight excluding hydrogens is 302 g/mol. The maximum absolute atomic E-state index is 11.0. The number of nitrogens with zero attached hydrogens (tertiary/aromatic N) is 1. The van der Waals surface area contributed by atoms with Crippen LogP contribution in [-0.4, -0.2) is 44.6 Å². The summed E-state index contributed by atoms with van der Waals surface area (Å²) in [5.74, 6) is 0. The van der Waals surface area contributed by atoms with Crippen LogP contribution in [0.4, 0.5) is 0 Å². The van der Waals surface area contributed by atoms with E-state index in [-0.39, 0.29) is 4.90 Å². The Morgan fingerprint density at radius 2 is 1.50 bits per heavy atom. The zero-order valence-corrected chi connectivity index (χ0v) is 13.5. The first-order valence-electron chi connectivity index (χ1n) is 5.40. The van der Waals surface area contributed by atoms with E-state index in [2.05, 4.69) is 4.40 Å². The van der Waals surface area contributed by atoms with Crippen LogP contribution < -0.4 is 0 Å². The highest BCUT2D eigenvalue weighted by atomic mass is 32.2. The normalized spacial score (nSPS) is 11.0. The lowest BCUT2D eigenvalue weighted by Crippen LogP contribution is -2.38. The molecule has 20 heavy (non-hydrogen) atoms. The maximum atomic E-state index is 11.0. The third-order valence-corrected chi connectivity index (χ3v) is 5.72. The third kappa shape index (κ3) is 6.20. The second-order valence-corrected chi connectivity index (χ2v) is 8.00. The Morgan fingerprint density at radius 3 is 1.80 bits per heavy atom. The molecule has 1 aromatic rings. The van der Waals surface area contributed by atoms with Crippen LogP contribution in [0.25, 0.3) is 0 Å². The fraction of sp³-hybridized carbons (Fsp3) is 0.364. The first-order chi connectivity index (χ1) is 9.35. The summed E-state index contributed by atoms with van der Waals surface area (Å²) in [6.45, 7) is 1.83. The summed E-state index contributed by atoms with van der Waals surface area (Å²) in [6, 6.07) is 7.48. The van der Waals surface area contributed by atoms with Gasteiger partial charge in [0.2, 0.25) is 0 Å². The van der Waals surface area contributed by atoms with Gasteiger partial charge in [0.25, 0.3) is 16.1 Å². The summed E-state index contributed by atoms with van der Waals surface area (Å²) in [6.07, 6.45) is 0.993. The van der Waals surface area contributed by atoms with Gasteiger partial charge in [-0.2, -0.15) is 8.42 Å². The molecule has 0 spiro atoms. The number of rotatable bonds is 5. The zero-order chi connectivity index (χ0) is 15.6. The van der Waals surface area contributed by atoms with E-state index < -0.39 is 18.8 Å². The van der Waals surface area contributed by atoms with Crippen molar-refractivity contribution in [2.45, 2.75) is 11.4 Å². The van der Waals surface area contributed by atoms with Crippen molar-refractivity contribution < 1.29 is 26.5 Å².